The van der Waals surface area contributed by atoms with Crippen molar-refractivity contribution < 1.29 is 9.53 Å². The molecule has 0 amide bonds. The lowest BCUT2D eigenvalue weighted by Gasteiger charge is -2.08. The van der Waals surface area contributed by atoms with Crippen LogP contribution < -0.4 is 5.73 Å². The highest BCUT2D eigenvalue weighted by atomic mass is 16.5. The zero-order valence-electron chi connectivity index (χ0n) is 8.70. The Morgan fingerprint density at radius 2 is 2.00 bits per heavy atom. The molecule has 1 rings (SSSR count). The minimum absolute atomic E-state index is 0.348. The zero-order chi connectivity index (χ0) is 10.7. The van der Waals surface area contributed by atoms with Gasteiger partial charge < -0.3 is 10.5 Å². The van der Waals surface area contributed by atoms with Crippen LogP contribution >= 0.6 is 0 Å². The van der Waals surface area contributed by atoms with Crippen molar-refractivity contribution in [3.8, 4) is 0 Å². The van der Waals surface area contributed by atoms with Crippen LogP contribution in [-0.2, 0) is 4.74 Å². The molecule has 0 saturated carbocycles. The van der Waals surface area contributed by atoms with E-state index in [2.05, 4.69) is 18.6 Å². The third-order valence-electron chi connectivity index (χ3n) is 2.07. The quantitative estimate of drug-likeness (QED) is 0.578. The third-order valence-corrected chi connectivity index (χ3v) is 2.07. The number of benzene rings is 1. The number of carbonyl (C=O) groups excluding carboxylic acids is 1. The van der Waals surface area contributed by atoms with Gasteiger partial charge in [0.15, 0.2) is 0 Å². The summed E-state index contributed by atoms with van der Waals surface area (Å²) in [6, 6.07) is 5.31. The van der Waals surface area contributed by atoms with Crippen LogP contribution in [0.25, 0.3) is 0 Å². The predicted molar refractivity (Wildman–Crippen MR) is 56.3 cm³/mol. The Kier molecular flexibility index (Phi) is 3.12. The predicted octanol–water partition coefficient (Wildman–Crippen LogP) is 2.18. The van der Waals surface area contributed by atoms with E-state index in [0.29, 0.717) is 17.2 Å². The normalized spacial score (nSPS) is 10.3. The Morgan fingerprint density at radius 3 is 2.50 bits per heavy atom. The number of hydrogen-bond acceptors (Lipinski definition) is 3. The summed E-state index contributed by atoms with van der Waals surface area (Å²) in [6.45, 7) is 4.10. The summed E-state index contributed by atoms with van der Waals surface area (Å²) in [5.41, 5.74) is 7.83. The number of methoxy groups -OCH3 is 1. The molecule has 0 radical (unpaired) electrons. The van der Waals surface area contributed by atoms with E-state index in [1.54, 1.807) is 6.07 Å². The number of nitrogens with two attached hydrogens (primary N) is 1. The molecule has 2 N–H and O–H groups in total. The van der Waals surface area contributed by atoms with E-state index in [1.165, 1.54) is 7.11 Å². The number of anilines is 1. The summed E-state index contributed by atoms with van der Waals surface area (Å²) in [6.07, 6.45) is 0. The highest BCUT2D eigenvalue weighted by Crippen LogP contribution is 2.20. The maximum atomic E-state index is 11.3. The second-order valence-electron chi connectivity index (χ2n) is 3.53. The van der Waals surface area contributed by atoms with Crippen LogP contribution in [0.4, 0.5) is 5.69 Å². The molecule has 0 aliphatic heterocycles. The van der Waals surface area contributed by atoms with Gasteiger partial charge in [0.25, 0.3) is 0 Å². The molecular formula is C11H15NO2. The van der Waals surface area contributed by atoms with Crippen molar-refractivity contribution in [1.29, 1.82) is 0 Å². The fourth-order valence-electron chi connectivity index (χ4n) is 1.25. The molecule has 0 saturated heterocycles. The average molecular weight is 193 g/mol. The van der Waals surface area contributed by atoms with Crippen LogP contribution in [0.5, 0.6) is 0 Å². The van der Waals surface area contributed by atoms with Crippen molar-refractivity contribution in [3.63, 3.8) is 0 Å². The number of hydrogen-bond donors (Lipinski definition) is 1. The molecule has 0 aromatic heterocycles. The number of nitrogen functional groups attached to an aromatic ring is 1. The van der Waals surface area contributed by atoms with Gasteiger partial charge in [-0.05, 0) is 29.7 Å². The first-order chi connectivity index (χ1) is 6.54. The maximum absolute atomic E-state index is 11.3. The van der Waals surface area contributed by atoms with Crippen LogP contribution in [0, 0.1) is 0 Å². The number of carbonyl (C=O) groups is 1. The Bertz CT molecular complexity index is 345. The second-order valence-corrected chi connectivity index (χ2v) is 3.53. The smallest absolute Gasteiger partial charge is 0.337 e. The van der Waals surface area contributed by atoms with Gasteiger partial charge in [0.1, 0.15) is 0 Å². The summed E-state index contributed by atoms with van der Waals surface area (Å²) >= 11 is 0. The molecule has 0 fully saturated rings. The molecule has 0 aliphatic carbocycles. The molecule has 14 heavy (non-hydrogen) atoms. The van der Waals surface area contributed by atoms with E-state index in [9.17, 15) is 4.79 Å². The summed E-state index contributed by atoms with van der Waals surface area (Å²) in [5, 5.41) is 0. The van der Waals surface area contributed by atoms with Crippen molar-refractivity contribution in [2.75, 3.05) is 12.8 Å². The van der Waals surface area contributed by atoms with Crippen LogP contribution in [-0.4, -0.2) is 13.1 Å². The fraction of sp³-hybridized carbons (Fsp3) is 0.364. The first-order valence-electron chi connectivity index (χ1n) is 4.53. The fourth-order valence-corrected chi connectivity index (χ4v) is 1.25. The maximum Gasteiger partial charge on any atom is 0.337 e. The summed E-state index contributed by atoms with van der Waals surface area (Å²) in [7, 11) is 1.36. The largest absolute Gasteiger partial charge is 0.465 e. The topological polar surface area (TPSA) is 52.3 Å². The molecule has 1 aromatic rings. The van der Waals surface area contributed by atoms with Gasteiger partial charge in [-0.2, -0.15) is 0 Å². The average Bonchev–Trinajstić information content (AvgIpc) is 2.15. The summed E-state index contributed by atoms with van der Waals surface area (Å²) < 4.78 is 4.63. The van der Waals surface area contributed by atoms with Crippen molar-refractivity contribution >= 4 is 11.7 Å². The molecule has 0 atom stereocenters. The summed E-state index contributed by atoms with van der Waals surface area (Å²) in [5.74, 6) is 0.00102. The number of rotatable bonds is 2. The molecule has 3 nitrogen and oxygen atoms in total. The van der Waals surface area contributed by atoms with Gasteiger partial charge in [-0.15, -0.1) is 0 Å². The number of esters is 1. The van der Waals surface area contributed by atoms with E-state index in [1.807, 2.05) is 12.1 Å². The molecule has 0 heterocycles. The highest BCUT2D eigenvalue weighted by Gasteiger charge is 2.09. The van der Waals surface area contributed by atoms with Gasteiger partial charge in [-0.3, -0.25) is 0 Å². The Labute approximate surface area is 83.9 Å². The van der Waals surface area contributed by atoms with Gasteiger partial charge in [0.05, 0.1) is 12.7 Å². The van der Waals surface area contributed by atoms with Crippen LogP contribution in [0.15, 0.2) is 18.2 Å². The van der Waals surface area contributed by atoms with Gasteiger partial charge in [-0.1, -0.05) is 13.8 Å². The van der Waals surface area contributed by atoms with Crippen LogP contribution in [0.3, 0.4) is 0 Å². The standard InChI is InChI=1S/C11H15NO2/c1-7(2)8-4-9(11(13)14-3)6-10(12)5-8/h4-7H,12H2,1-3H3. The Morgan fingerprint density at radius 1 is 1.36 bits per heavy atom. The van der Waals surface area contributed by atoms with Crippen molar-refractivity contribution in [3.05, 3.63) is 29.3 Å². The zero-order valence-corrected chi connectivity index (χ0v) is 8.70. The van der Waals surface area contributed by atoms with E-state index in [4.69, 9.17) is 5.73 Å². The first-order valence-corrected chi connectivity index (χ1v) is 4.53. The lowest BCUT2D eigenvalue weighted by Crippen LogP contribution is -2.04. The molecular weight excluding hydrogens is 178 g/mol. The molecule has 0 spiro atoms. The minimum atomic E-state index is -0.348. The monoisotopic (exact) mass is 193 g/mol. The van der Waals surface area contributed by atoms with Crippen molar-refractivity contribution in [2.45, 2.75) is 19.8 Å². The minimum Gasteiger partial charge on any atom is -0.465 e. The van der Waals surface area contributed by atoms with Gasteiger partial charge in [-0.25, -0.2) is 4.79 Å². The Hall–Kier alpha value is -1.51. The van der Waals surface area contributed by atoms with E-state index in [-0.39, 0.29) is 5.97 Å². The Balaban J connectivity index is 3.13. The lowest BCUT2D eigenvalue weighted by molar-refractivity contribution is 0.0600. The van der Waals surface area contributed by atoms with Crippen molar-refractivity contribution in [1.82, 2.24) is 0 Å². The lowest BCUT2D eigenvalue weighted by atomic mass is 10.00. The molecule has 0 aliphatic rings. The molecule has 0 bridgehead atoms. The van der Waals surface area contributed by atoms with Crippen LogP contribution in [0.2, 0.25) is 0 Å². The van der Waals surface area contributed by atoms with Crippen LogP contribution in [0.1, 0.15) is 35.7 Å². The molecule has 1 aromatic carbocycles. The van der Waals surface area contributed by atoms with Gasteiger partial charge >= 0.3 is 5.97 Å². The van der Waals surface area contributed by atoms with Gasteiger partial charge in [0, 0.05) is 5.69 Å². The summed E-state index contributed by atoms with van der Waals surface area (Å²) in [4.78, 5) is 11.3. The SMILES string of the molecule is COC(=O)c1cc(N)cc(C(C)C)c1. The molecule has 0 unspecified atom stereocenters. The van der Waals surface area contributed by atoms with Gasteiger partial charge in [0.2, 0.25) is 0 Å². The third kappa shape index (κ3) is 2.25. The van der Waals surface area contributed by atoms with Crippen molar-refractivity contribution in [2.24, 2.45) is 0 Å². The second kappa shape index (κ2) is 4.13. The molecule has 3 heteroatoms. The van der Waals surface area contributed by atoms with E-state index >= 15 is 0 Å². The van der Waals surface area contributed by atoms with E-state index < -0.39 is 0 Å². The number of ether oxygens (including phenoxy) is 1. The molecule has 76 valence electrons. The highest BCUT2D eigenvalue weighted by molar-refractivity contribution is 5.90. The van der Waals surface area contributed by atoms with E-state index in [0.717, 1.165) is 5.56 Å². The first kappa shape index (κ1) is 10.6.